The number of halogens is 1. The van der Waals surface area contributed by atoms with Crippen LogP contribution >= 0.6 is 15.9 Å². The number of nitrogens with zero attached hydrogens (tertiary/aromatic N) is 1. The van der Waals surface area contributed by atoms with E-state index >= 15 is 0 Å². The maximum absolute atomic E-state index is 12.1. The molecule has 0 aliphatic heterocycles. The normalized spacial score (nSPS) is 12.2. The summed E-state index contributed by atoms with van der Waals surface area (Å²) in [4.78, 5) is 13.7. The second kappa shape index (κ2) is 5.34. The molecule has 0 saturated carbocycles. The predicted molar refractivity (Wildman–Crippen MR) is 68.2 cm³/mol. The van der Waals surface area contributed by atoms with Crippen LogP contribution in [0.2, 0.25) is 0 Å². The zero-order valence-corrected chi connectivity index (χ0v) is 11.3. The highest BCUT2D eigenvalue weighted by Crippen LogP contribution is 2.23. The largest absolute Gasteiger partial charge is 0.507 e. The van der Waals surface area contributed by atoms with E-state index in [1.807, 2.05) is 6.92 Å². The number of hydrogen-bond donors (Lipinski definition) is 1. The highest BCUT2D eigenvalue weighted by atomic mass is 79.9. The fourth-order valence-corrected chi connectivity index (χ4v) is 1.76. The van der Waals surface area contributed by atoms with E-state index in [1.54, 1.807) is 37.1 Å². The van der Waals surface area contributed by atoms with E-state index in [2.05, 4.69) is 15.9 Å². The lowest BCUT2D eigenvalue weighted by atomic mass is 10.1. The molecule has 1 atom stereocenters. The molecule has 0 aromatic heterocycles. The number of carbonyl (C=O) groups excluding carboxylic acids is 1. The van der Waals surface area contributed by atoms with E-state index in [1.165, 1.54) is 0 Å². The molecule has 0 aliphatic carbocycles. The van der Waals surface area contributed by atoms with Gasteiger partial charge in [-0.15, -0.1) is 0 Å². The number of aromatic hydroxyl groups is 1. The second-order valence-electron chi connectivity index (χ2n) is 3.89. The Hall–Kier alpha value is -1.03. The van der Waals surface area contributed by atoms with Gasteiger partial charge in [-0.05, 0) is 25.5 Å². The van der Waals surface area contributed by atoms with Gasteiger partial charge in [0, 0.05) is 18.4 Å². The van der Waals surface area contributed by atoms with Crippen molar-refractivity contribution in [3.05, 3.63) is 29.3 Å². The molecule has 0 heterocycles. The molecule has 1 aromatic rings. The zero-order chi connectivity index (χ0) is 12.3. The Kier molecular flexibility index (Phi) is 4.35. The van der Waals surface area contributed by atoms with Gasteiger partial charge in [0.25, 0.3) is 5.91 Å². The summed E-state index contributed by atoms with van der Waals surface area (Å²) in [5, 5.41) is 10.5. The number of amides is 1. The maximum atomic E-state index is 12.1. The minimum Gasteiger partial charge on any atom is -0.507 e. The van der Waals surface area contributed by atoms with E-state index in [9.17, 15) is 9.90 Å². The smallest absolute Gasteiger partial charge is 0.257 e. The van der Waals surface area contributed by atoms with Gasteiger partial charge in [-0.1, -0.05) is 28.1 Å². The summed E-state index contributed by atoms with van der Waals surface area (Å²) in [6, 6.07) is 5.28. The van der Waals surface area contributed by atoms with E-state index < -0.39 is 0 Å². The average molecular weight is 286 g/mol. The van der Waals surface area contributed by atoms with Crippen molar-refractivity contribution in [3.8, 4) is 5.75 Å². The summed E-state index contributed by atoms with van der Waals surface area (Å²) in [6.45, 7) is 3.72. The van der Waals surface area contributed by atoms with Gasteiger partial charge >= 0.3 is 0 Å². The molecule has 1 rings (SSSR count). The molecule has 1 N–H and O–H groups in total. The zero-order valence-electron chi connectivity index (χ0n) is 9.70. The first-order valence-electron chi connectivity index (χ1n) is 5.10. The summed E-state index contributed by atoms with van der Waals surface area (Å²) in [7, 11) is 1.73. The Morgan fingerprint density at radius 3 is 2.75 bits per heavy atom. The Labute approximate surface area is 104 Å². The quantitative estimate of drug-likeness (QED) is 0.867. The van der Waals surface area contributed by atoms with Crippen molar-refractivity contribution < 1.29 is 9.90 Å². The highest BCUT2D eigenvalue weighted by Gasteiger charge is 2.19. The van der Waals surface area contributed by atoms with Gasteiger partial charge in [-0.25, -0.2) is 0 Å². The van der Waals surface area contributed by atoms with Crippen molar-refractivity contribution in [2.24, 2.45) is 0 Å². The first-order valence-corrected chi connectivity index (χ1v) is 6.23. The summed E-state index contributed by atoms with van der Waals surface area (Å²) < 4.78 is 0. The SMILES string of the molecule is Cc1cccc(C(=O)N(C)C(C)CBr)c1O. The fraction of sp³-hybridized carbons (Fsp3) is 0.417. The lowest BCUT2D eigenvalue weighted by Crippen LogP contribution is -2.36. The van der Waals surface area contributed by atoms with Gasteiger partial charge in [0.05, 0.1) is 5.56 Å². The third kappa shape index (κ3) is 2.55. The first-order chi connectivity index (χ1) is 7.49. The number of phenols is 1. The van der Waals surface area contributed by atoms with Crippen molar-refractivity contribution in [3.63, 3.8) is 0 Å². The molecule has 0 radical (unpaired) electrons. The third-order valence-electron chi connectivity index (χ3n) is 2.67. The fourth-order valence-electron chi connectivity index (χ4n) is 1.33. The lowest BCUT2D eigenvalue weighted by molar-refractivity contribution is 0.0755. The van der Waals surface area contributed by atoms with Crippen LogP contribution in [0.4, 0.5) is 0 Å². The molecule has 1 amide bonds. The minimum absolute atomic E-state index is 0.0705. The topological polar surface area (TPSA) is 40.5 Å². The Balaban J connectivity index is 3.01. The molecule has 1 unspecified atom stereocenters. The molecule has 1 aromatic carbocycles. The van der Waals surface area contributed by atoms with Gasteiger partial charge in [0.2, 0.25) is 0 Å². The number of benzene rings is 1. The van der Waals surface area contributed by atoms with Gasteiger partial charge in [0.1, 0.15) is 5.75 Å². The third-order valence-corrected chi connectivity index (χ3v) is 3.61. The maximum Gasteiger partial charge on any atom is 0.257 e. The van der Waals surface area contributed by atoms with Crippen molar-refractivity contribution >= 4 is 21.8 Å². The van der Waals surface area contributed by atoms with Crippen LogP contribution in [0.15, 0.2) is 18.2 Å². The van der Waals surface area contributed by atoms with Crippen LogP contribution in [-0.2, 0) is 0 Å². The summed E-state index contributed by atoms with van der Waals surface area (Å²) in [6.07, 6.45) is 0. The molecular formula is C12H16BrNO2. The molecule has 4 heteroatoms. The van der Waals surface area contributed by atoms with Crippen LogP contribution in [0.25, 0.3) is 0 Å². The van der Waals surface area contributed by atoms with Crippen molar-refractivity contribution in [1.82, 2.24) is 4.90 Å². The molecule has 0 aliphatic rings. The van der Waals surface area contributed by atoms with Crippen LogP contribution in [-0.4, -0.2) is 34.3 Å². The van der Waals surface area contributed by atoms with Gasteiger partial charge in [-0.2, -0.15) is 0 Å². The molecule has 3 nitrogen and oxygen atoms in total. The molecule has 16 heavy (non-hydrogen) atoms. The number of phenolic OH excluding ortho intramolecular Hbond substituents is 1. The van der Waals surface area contributed by atoms with Crippen LogP contribution in [0, 0.1) is 6.92 Å². The Morgan fingerprint density at radius 2 is 2.19 bits per heavy atom. The summed E-state index contributed by atoms with van der Waals surface area (Å²) in [5.41, 5.74) is 1.07. The number of hydrogen-bond acceptors (Lipinski definition) is 2. The Bertz CT molecular complexity index is 393. The molecule has 0 fully saturated rings. The van der Waals surface area contributed by atoms with Crippen molar-refractivity contribution in [1.29, 1.82) is 0 Å². The predicted octanol–water partition coefficient (Wildman–Crippen LogP) is 2.56. The van der Waals surface area contributed by atoms with Crippen LogP contribution < -0.4 is 0 Å². The molecule has 0 bridgehead atoms. The molecule has 0 saturated heterocycles. The van der Waals surface area contributed by atoms with Crippen molar-refractivity contribution in [2.75, 3.05) is 12.4 Å². The average Bonchev–Trinajstić information content (AvgIpc) is 2.29. The number of rotatable bonds is 3. The van der Waals surface area contributed by atoms with Gasteiger partial charge in [0.15, 0.2) is 0 Å². The number of carbonyl (C=O) groups is 1. The van der Waals surface area contributed by atoms with Crippen LogP contribution in [0.1, 0.15) is 22.8 Å². The molecule has 0 spiro atoms. The monoisotopic (exact) mass is 285 g/mol. The van der Waals surface area contributed by atoms with E-state index in [-0.39, 0.29) is 17.7 Å². The van der Waals surface area contributed by atoms with E-state index in [0.29, 0.717) is 16.5 Å². The van der Waals surface area contributed by atoms with Crippen LogP contribution in [0.3, 0.4) is 0 Å². The number of alkyl halides is 1. The van der Waals surface area contributed by atoms with Crippen LogP contribution in [0.5, 0.6) is 5.75 Å². The van der Waals surface area contributed by atoms with E-state index in [4.69, 9.17) is 0 Å². The number of para-hydroxylation sites is 1. The Morgan fingerprint density at radius 1 is 1.56 bits per heavy atom. The van der Waals surface area contributed by atoms with Gasteiger partial charge in [-0.3, -0.25) is 4.79 Å². The van der Waals surface area contributed by atoms with Gasteiger partial charge < -0.3 is 10.0 Å². The summed E-state index contributed by atoms with van der Waals surface area (Å²) in [5.74, 6) is -0.0886. The molecular weight excluding hydrogens is 270 g/mol. The summed E-state index contributed by atoms with van der Waals surface area (Å²) >= 11 is 3.33. The lowest BCUT2D eigenvalue weighted by Gasteiger charge is -2.23. The first kappa shape index (κ1) is 13.0. The standard InChI is InChI=1S/C12H16BrNO2/c1-8-5-4-6-10(11(8)15)12(16)14(3)9(2)7-13/h4-6,9,15H,7H2,1-3H3. The number of aryl methyl sites for hydroxylation is 1. The highest BCUT2D eigenvalue weighted by molar-refractivity contribution is 9.09. The minimum atomic E-state index is -0.159. The second-order valence-corrected chi connectivity index (χ2v) is 4.54. The van der Waals surface area contributed by atoms with E-state index in [0.717, 1.165) is 0 Å². The van der Waals surface area contributed by atoms with Crippen molar-refractivity contribution in [2.45, 2.75) is 19.9 Å². The molecule has 88 valence electrons.